The molecule has 120 valence electrons. The van der Waals surface area contributed by atoms with E-state index < -0.39 is 0 Å². The predicted octanol–water partition coefficient (Wildman–Crippen LogP) is 2.78. The molecule has 0 spiro atoms. The van der Waals surface area contributed by atoms with E-state index in [0.717, 1.165) is 35.5 Å². The third kappa shape index (κ3) is 6.50. The first-order chi connectivity index (χ1) is 9.45. The molecule has 0 aliphatic heterocycles. The Hall–Kier alpha value is -1.05. The SMILES string of the molecule is COc1c(C)cnc(CN=C(N)NCCC(C)C)c1C.I. The van der Waals surface area contributed by atoms with Crippen LogP contribution in [0.5, 0.6) is 5.75 Å². The van der Waals surface area contributed by atoms with Crippen LogP contribution in [0.1, 0.15) is 37.1 Å². The summed E-state index contributed by atoms with van der Waals surface area (Å²) in [5.41, 5.74) is 8.78. The van der Waals surface area contributed by atoms with Gasteiger partial charge in [-0.2, -0.15) is 0 Å². The number of hydrogen-bond acceptors (Lipinski definition) is 3. The lowest BCUT2D eigenvalue weighted by Crippen LogP contribution is -2.33. The van der Waals surface area contributed by atoms with E-state index in [1.54, 1.807) is 13.3 Å². The molecule has 0 radical (unpaired) electrons. The van der Waals surface area contributed by atoms with E-state index in [4.69, 9.17) is 10.5 Å². The number of nitrogens with one attached hydrogen (secondary N) is 1. The average molecular weight is 406 g/mol. The van der Waals surface area contributed by atoms with Crippen molar-refractivity contribution in [3.63, 3.8) is 0 Å². The van der Waals surface area contributed by atoms with Gasteiger partial charge in [-0.3, -0.25) is 4.98 Å². The summed E-state index contributed by atoms with van der Waals surface area (Å²) in [6.07, 6.45) is 2.88. The molecule has 0 saturated heterocycles. The molecule has 1 heterocycles. The quantitative estimate of drug-likeness (QED) is 0.433. The number of ether oxygens (including phenoxy) is 1. The van der Waals surface area contributed by atoms with Crippen LogP contribution in [0, 0.1) is 19.8 Å². The minimum atomic E-state index is 0. The van der Waals surface area contributed by atoms with Crippen molar-refractivity contribution in [1.29, 1.82) is 0 Å². The average Bonchev–Trinajstić information content (AvgIpc) is 2.38. The van der Waals surface area contributed by atoms with Crippen LogP contribution in [0.25, 0.3) is 0 Å². The van der Waals surface area contributed by atoms with E-state index >= 15 is 0 Å². The summed E-state index contributed by atoms with van der Waals surface area (Å²) in [6.45, 7) is 9.64. The van der Waals surface area contributed by atoms with Crippen LogP contribution in [-0.2, 0) is 6.54 Å². The maximum Gasteiger partial charge on any atom is 0.188 e. The molecule has 0 unspecified atom stereocenters. The Balaban J connectivity index is 0.00000400. The molecule has 0 saturated carbocycles. The van der Waals surface area contributed by atoms with Crippen molar-refractivity contribution in [3.05, 3.63) is 23.0 Å². The molecule has 1 rings (SSSR count). The molecule has 0 aliphatic rings. The van der Waals surface area contributed by atoms with Crippen molar-refractivity contribution in [3.8, 4) is 5.75 Å². The lowest BCUT2D eigenvalue weighted by molar-refractivity contribution is 0.407. The third-order valence-corrected chi connectivity index (χ3v) is 3.18. The summed E-state index contributed by atoms with van der Waals surface area (Å²) in [6, 6.07) is 0. The molecule has 1 aromatic heterocycles. The van der Waals surface area contributed by atoms with Crippen LogP contribution in [0.2, 0.25) is 0 Å². The van der Waals surface area contributed by atoms with E-state index in [2.05, 4.69) is 29.1 Å². The predicted molar refractivity (Wildman–Crippen MR) is 98.5 cm³/mol. The van der Waals surface area contributed by atoms with E-state index in [-0.39, 0.29) is 24.0 Å². The normalized spacial score (nSPS) is 11.2. The van der Waals surface area contributed by atoms with Gasteiger partial charge in [0.15, 0.2) is 5.96 Å². The fraction of sp³-hybridized carbons (Fsp3) is 0.600. The van der Waals surface area contributed by atoms with Gasteiger partial charge in [-0.15, -0.1) is 24.0 Å². The number of aryl methyl sites for hydroxylation is 1. The second-order valence-electron chi connectivity index (χ2n) is 5.36. The highest BCUT2D eigenvalue weighted by molar-refractivity contribution is 14.0. The molecule has 21 heavy (non-hydrogen) atoms. The lowest BCUT2D eigenvalue weighted by Gasteiger charge is -2.11. The topological polar surface area (TPSA) is 72.5 Å². The Labute approximate surface area is 144 Å². The number of guanidine groups is 1. The van der Waals surface area contributed by atoms with Gasteiger partial charge in [0.2, 0.25) is 0 Å². The first-order valence-corrected chi connectivity index (χ1v) is 6.98. The highest BCUT2D eigenvalue weighted by Crippen LogP contribution is 2.24. The van der Waals surface area contributed by atoms with Gasteiger partial charge in [0, 0.05) is 23.9 Å². The van der Waals surface area contributed by atoms with Crippen LogP contribution in [-0.4, -0.2) is 24.6 Å². The highest BCUT2D eigenvalue weighted by Gasteiger charge is 2.08. The van der Waals surface area contributed by atoms with Gasteiger partial charge in [-0.1, -0.05) is 13.8 Å². The van der Waals surface area contributed by atoms with E-state index in [0.29, 0.717) is 18.4 Å². The standard InChI is InChI=1S/C15H26N4O.HI/c1-10(2)6-7-17-15(16)19-9-13-12(4)14(20-5)11(3)8-18-13;/h8,10H,6-7,9H2,1-5H3,(H3,16,17,19);1H. The second-order valence-corrected chi connectivity index (χ2v) is 5.36. The summed E-state index contributed by atoms with van der Waals surface area (Å²) < 4.78 is 5.38. The number of aromatic nitrogens is 1. The van der Waals surface area contributed by atoms with Gasteiger partial charge in [-0.25, -0.2) is 4.99 Å². The number of aliphatic imine (C=N–C) groups is 1. The Bertz CT molecular complexity index is 475. The number of hydrogen-bond donors (Lipinski definition) is 2. The van der Waals surface area contributed by atoms with Crippen molar-refractivity contribution < 1.29 is 4.74 Å². The van der Waals surface area contributed by atoms with Gasteiger partial charge in [0.25, 0.3) is 0 Å². The third-order valence-electron chi connectivity index (χ3n) is 3.18. The molecule has 3 N–H and O–H groups in total. The van der Waals surface area contributed by atoms with Crippen molar-refractivity contribution in [2.24, 2.45) is 16.6 Å². The van der Waals surface area contributed by atoms with Crippen LogP contribution in [0.4, 0.5) is 0 Å². The number of pyridine rings is 1. The smallest absolute Gasteiger partial charge is 0.188 e. The largest absolute Gasteiger partial charge is 0.496 e. The molecular formula is C15H27IN4O. The van der Waals surface area contributed by atoms with Gasteiger partial charge < -0.3 is 15.8 Å². The van der Waals surface area contributed by atoms with Crippen molar-refractivity contribution in [1.82, 2.24) is 10.3 Å². The highest BCUT2D eigenvalue weighted by atomic mass is 127. The number of nitrogens with two attached hydrogens (primary N) is 1. The summed E-state index contributed by atoms with van der Waals surface area (Å²) >= 11 is 0. The van der Waals surface area contributed by atoms with E-state index in [1.807, 2.05) is 13.8 Å². The molecule has 0 bridgehead atoms. The number of rotatable bonds is 6. The van der Waals surface area contributed by atoms with Crippen LogP contribution in [0.15, 0.2) is 11.2 Å². The zero-order valence-corrected chi connectivity index (χ0v) is 15.9. The summed E-state index contributed by atoms with van der Waals surface area (Å²) in [5, 5.41) is 3.11. The number of nitrogens with zero attached hydrogens (tertiary/aromatic N) is 2. The summed E-state index contributed by atoms with van der Waals surface area (Å²) in [5.74, 6) is 1.99. The lowest BCUT2D eigenvalue weighted by atomic mass is 10.1. The molecular weight excluding hydrogens is 379 g/mol. The van der Waals surface area contributed by atoms with Gasteiger partial charge in [0.1, 0.15) is 5.75 Å². The van der Waals surface area contributed by atoms with Crippen molar-refractivity contribution in [2.75, 3.05) is 13.7 Å². The fourth-order valence-electron chi connectivity index (χ4n) is 1.94. The van der Waals surface area contributed by atoms with Crippen molar-refractivity contribution in [2.45, 2.75) is 40.7 Å². The molecule has 5 nitrogen and oxygen atoms in total. The molecule has 0 fully saturated rings. The Kier molecular flexibility index (Phi) is 9.32. The maximum atomic E-state index is 5.84. The van der Waals surface area contributed by atoms with E-state index in [1.165, 1.54) is 0 Å². The number of halogens is 1. The summed E-state index contributed by atoms with van der Waals surface area (Å²) in [7, 11) is 1.67. The zero-order chi connectivity index (χ0) is 15.1. The van der Waals surface area contributed by atoms with E-state index in [9.17, 15) is 0 Å². The number of methoxy groups -OCH3 is 1. The van der Waals surface area contributed by atoms with Crippen LogP contribution < -0.4 is 15.8 Å². The Morgan fingerprint density at radius 3 is 2.67 bits per heavy atom. The fourth-order valence-corrected chi connectivity index (χ4v) is 1.94. The van der Waals surface area contributed by atoms with Gasteiger partial charge in [-0.05, 0) is 26.2 Å². The Morgan fingerprint density at radius 2 is 2.10 bits per heavy atom. The zero-order valence-electron chi connectivity index (χ0n) is 13.6. The maximum absolute atomic E-state index is 5.84. The van der Waals surface area contributed by atoms with Crippen LogP contribution in [0.3, 0.4) is 0 Å². The second kappa shape index (κ2) is 9.81. The molecule has 6 heteroatoms. The first-order valence-electron chi connectivity index (χ1n) is 6.98. The van der Waals surface area contributed by atoms with Gasteiger partial charge in [0.05, 0.1) is 19.3 Å². The molecule has 1 aromatic rings. The van der Waals surface area contributed by atoms with Crippen molar-refractivity contribution >= 4 is 29.9 Å². The molecule has 0 atom stereocenters. The molecule has 0 aliphatic carbocycles. The minimum Gasteiger partial charge on any atom is -0.496 e. The summed E-state index contributed by atoms with van der Waals surface area (Å²) in [4.78, 5) is 8.72. The van der Waals surface area contributed by atoms with Gasteiger partial charge >= 0.3 is 0 Å². The first kappa shape index (κ1) is 19.9. The molecule has 0 amide bonds. The monoisotopic (exact) mass is 406 g/mol. The minimum absolute atomic E-state index is 0. The molecule has 0 aromatic carbocycles. The Morgan fingerprint density at radius 1 is 1.43 bits per heavy atom. The van der Waals surface area contributed by atoms with Crippen LogP contribution >= 0.6 is 24.0 Å².